The third-order valence-corrected chi connectivity index (χ3v) is 2.80. The molecule has 0 heterocycles. The van der Waals surface area contributed by atoms with Crippen LogP contribution in [0.15, 0.2) is 0 Å². The maximum absolute atomic E-state index is 12.0. The molecule has 0 aliphatic rings. The number of hydrogen-bond donors (Lipinski definition) is 2. The maximum Gasteiger partial charge on any atom is 0.240 e. The van der Waals surface area contributed by atoms with Crippen LogP contribution >= 0.6 is 0 Å². The summed E-state index contributed by atoms with van der Waals surface area (Å²) in [7, 11) is 3.20. The first-order valence-electron chi connectivity index (χ1n) is 6.46. The van der Waals surface area contributed by atoms with Crippen LogP contribution < -0.4 is 11.1 Å². The fraction of sp³-hybridized carbons (Fsp3) is 0.846. The Morgan fingerprint density at radius 2 is 1.95 bits per heavy atom. The van der Waals surface area contributed by atoms with E-state index in [1.807, 2.05) is 20.8 Å². The number of amides is 2. The molecule has 0 saturated carbocycles. The number of carbonyl (C=O) groups is 2. The van der Waals surface area contributed by atoms with Crippen LogP contribution in [0, 0.1) is 5.41 Å². The monoisotopic (exact) mass is 273 g/mol. The molecule has 112 valence electrons. The molecule has 2 amide bonds. The summed E-state index contributed by atoms with van der Waals surface area (Å²) in [6, 6.07) is -0.612. The molecular weight excluding hydrogens is 246 g/mol. The number of hydrogen-bond acceptors (Lipinski definition) is 4. The highest BCUT2D eigenvalue weighted by molar-refractivity contribution is 5.87. The van der Waals surface area contributed by atoms with E-state index in [0.29, 0.717) is 13.2 Å². The van der Waals surface area contributed by atoms with Crippen LogP contribution in [0.5, 0.6) is 0 Å². The Labute approximate surface area is 115 Å². The van der Waals surface area contributed by atoms with E-state index in [4.69, 9.17) is 10.5 Å². The number of nitrogens with one attached hydrogen (secondary N) is 1. The maximum atomic E-state index is 12.0. The number of nitrogens with two attached hydrogens (primary N) is 1. The van der Waals surface area contributed by atoms with Crippen LogP contribution in [0.3, 0.4) is 0 Å². The highest BCUT2D eigenvalue weighted by Crippen LogP contribution is 2.18. The molecule has 0 aliphatic carbocycles. The molecule has 0 rings (SSSR count). The zero-order valence-electron chi connectivity index (χ0n) is 12.7. The fourth-order valence-corrected chi connectivity index (χ4v) is 1.40. The second-order valence-corrected chi connectivity index (χ2v) is 5.73. The first-order valence-corrected chi connectivity index (χ1v) is 6.46. The van der Waals surface area contributed by atoms with E-state index in [9.17, 15) is 9.59 Å². The average Bonchev–Trinajstić information content (AvgIpc) is 2.31. The van der Waals surface area contributed by atoms with Gasteiger partial charge < -0.3 is 20.7 Å². The SMILES string of the molecule is COCCCNC(=O)CN(C)C(=O)[C@H](N)C(C)(C)C. The van der Waals surface area contributed by atoms with Crippen molar-refractivity contribution in [3.63, 3.8) is 0 Å². The number of nitrogens with zero attached hydrogens (tertiary/aromatic N) is 1. The van der Waals surface area contributed by atoms with Gasteiger partial charge >= 0.3 is 0 Å². The molecule has 0 aromatic heterocycles. The molecule has 6 heteroatoms. The number of rotatable bonds is 7. The number of carbonyl (C=O) groups excluding carboxylic acids is 2. The minimum atomic E-state index is -0.612. The summed E-state index contributed by atoms with van der Waals surface area (Å²) >= 11 is 0. The molecule has 0 fully saturated rings. The second-order valence-electron chi connectivity index (χ2n) is 5.73. The number of ether oxygens (including phenoxy) is 1. The van der Waals surface area contributed by atoms with Gasteiger partial charge in [0.15, 0.2) is 0 Å². The highest BCUT2D eigenvalue weighted by atomic mass is 16.5. The fourth-order valence-electron chi connectivity index (χ4n) is 1.40. The molecule has 19 heavy (non-hydrogen) atoms. The van der Waals surface area contributed by atoms with E-state index in [1.54, 1.807) is 14.2 Å². The van der Waals surface area contributed by atoms with Gasteiger partial charge in [0.05, 0.1) is 12.6 Å². The lowest BCUT2D eigenvalue weighted by Crippen LogP contribution is -2.51. The van der Waals surface area contributed by atoms with Gasteiger partial charge in [-0.2, -0.15) is 0 Å². The van der Waals surface area contributed by atoms with Crippen LogP contribution in [0.25, 0.3) is 0 Å². The largest absolute Gasteiger partial charge is 0.385 e. The Balaban J connectivity index is 4.12. The minimum absolute atomic E-state index is 0.0234. The van der Waals surface area contributed by atoms with Gasteiger partial charge in [-0.15, -0.1) is 0 Å². The van der Waals surface area contributed by atoms with E-state index in [1.165, 1.54) is 4.90 Å². The van der Waals surface area contributed by atoms with Gasteiger partial charge in [-0.3, -0.25) is 9.59 Å². The van der Waals surface area contributed by atoms with Crippen LogP contribution in [0.4, 0.5) is 0 Å². The zero-order chi connectivity index (χ0) is 15.1. The predicted molar refractivity (Wildman–Crippen MR) is 74.6 cm³/mol. The summed E-state index contributed by atoms with van der Waals surface area (Å²) in [5.41, 5.74) is 5.55. The van der Waals surface area contributed by atoms with E-state index in [-0.39, 0.29) is 23.8 Å². The van der Waals surface area contributed by atoms with Gasteiger partial charge in [-0.1, -0.05) is 20.8 Å². The molecule has 0 radical (unpaired) electrons. The number of likely N-dealkylation sites (N-methyl/N-ethyl adjacent to an activating group) is 1. The van der Waals surface area contributed by atoms with Crippen molar-refractivity contribution in [2.24, 2.45) is 11.1 Å². The predicted octanol–water partition coefficient (Wildman–Crippen LogP) is -0.0291. The smallest absolute Gasteiger partial charge is 0.240 e. The molecule has 0 spiro atoms. The van der Waals surface area contributed by atoms with Crippen molar-refractivity contribution in [3.05, 3.63) is 0 Å². The first kappa shape index (κ1) is 17.9. The number of methoxy groups -OCH3 is 1. The molecule has 0 bridgehead atoms. The lowest BCUT2D eigenvalue weighted by atomic mass is 9.86. The van der Waals surface area contributed by atoms with Crippen LogP contribution in [-0.2, 0) is 14.3 Å². The standard InChI is InChI=1S/C13H27N3O3/c1-13(2,3)11(14)12(18)16(4)9-10(17)15-7-6-8-19-5/h11H,6-9,14H2,1-5H3,(H,15,17)/t11-/m0/s1. The lowest BCUT2D eigenvalue weighted by molar-refractivity contribution is -0.137. The summed E-state index contributed by atoms with van der Waals surface area (Å²) in [6.45, 7) is 6.86. The normalized spacial score (nSPS) is 12.9. The first-order chi connectivity index (χ1) is 8.70. The van der Waals surface area contributed by atoms with Crippen LogP contribution in [-0.4, -0.2) is 56.6 Å². The topological polar surface area (TPSA) is 84.7 Å². The van der Waals surface area contributed by atoms with E-state index >= 15 is 0 Å². The van der Waals surface area contributed by atoms with E-state index in [2.05, 4.69) is 5.32 Å². The van der Waals surface area contributed by atoms with Gasteiger partial charge in [-0.05, 0) is 11.8 Å². The molecule has 0 aliphatic heterocycles. The lowest BCUT2D eigenvalue weighted by Gasteiger charge is -2.29. The van der Waals surface area contributed by atoms with E-state index < -0.39 is 6.04 Å². The third kappa shape index (κ3) is 7.12. The van der Waals surface area contributed by atoms with Crippen molar-refractivity contribution in [3.8, 4) is 0 Å². The average molecular weight is 273 g/mol. The molecule has 0 aromatic carbocycles. The Morgan fingerprint density at radius 1 is 1.37 bits per heavy atom. The van der Waals surface area contributed by atoms with Gasteiger partial charge in [0.1, 0.15) is 0 Å². The van der Waals surface area contributed by atoms with Gasteiger partial charge in [0, 0.05) is 27.3 Å². The molecule has 0 saturated heterocycles. The minimum Gasteiger partial charge on any atom is -0.385 e. The summed E-state index contributed by atoms with van der Waals surface area (Å²) in [4.78, 5) is 25.0. The summed E-state index contributed by atoms with van der Waals surface area (Å²) < 4.78 is 4.88. The van der Waals surface area contributed by atoms with Crippen molar-refractivity contribution < 1.29 is 14.3 Å². The highest BCUT2D eigenvalue weighted by Gasteiger charge is 2.30. The quantitative estimate of drug-likeness (QED) is 0.638. The van der Waals surface area contributed by atoms with Crippen LogP contribution in [0.2, 0.25) is 0 Å². The Hall–Kier alpha value is -1.14. The van der Waals surface area contributed by atoms with Gasteiger partial charge in [0.2, 0.25) is 11.8 Å². The van der Waals surface area contributed by atoms with Gasteiger partial charge in [0.25, 0.3) is 0 Å². The van der Waals surface area contributed by atoms with Crippen LogP contribution in [0.1, 0.15) is 27.2 Å². The summed E-state index contributed by atoms with van der Waals surface area (Å²) in [6.07, 6.45) is 0.751. The molecule has 0 unspecified atom stereocenters. The Morgan fingerprint density at radius 3 is 2.42 bits per heavy atom. The van der Waals surface area contributed by atoms with E-state index in [0.717, 1.165) is 6.42 Å². The van der Waals surface area contributed by atoms with Gasteiger partial charge in [-0.25, -0.2) is 0 Å². The Bertz CT molecular complexity index is 300. The zero-order valence-corrected chi connectivity index (χ0v) is 12.7. The molecule has 3 N–H and O–H groups in total. The van der Waals surface area contributed by atoms with Crippen molar-refractivity contribution >= 4 is 11.8 Å². The molecule has 1 atom stereocenters. The van der Waals surface area contributed by atoms with Crippen molar-refractivity contribution in [1.29, 1.82) is 0 Å². The second kappa shape index (κ2) is 8.12. The Kier molecular flexibility index (Phi) is 7.63. The molecule has 0 aromatic rings. The van der Waals surface area contributed by atoms with Crippen molar-refractivity contribution in [2.45, 2.75) is 33.2 Å². The van der Waals surface area contributed by atoms with Crippen molar-refractivity contribution in [2.75, 3.05) is 33.9 Å². The molecule has 6 nitrogen and oxygen atoms in total. The third-order valence-electron chi connectivity index (χ3n) is 2.80. The van der Waals surface area contributed by atoms with Crippen molar-refractivity contribution in [1.82, 2.24) is 10.2 Å². The molecular formula is C13H27N3O3. The summed E-state index contributed by atoms with van der Waals surface area (Å²) in [5, 5.41) is 2.73. The summed E-state index contributed by atoms with van der Waals surface area (Å²) in [5.74, 6) is -0.410.